The van der Waals surface area contributed by atoms with Gasteiger partial charge in [0.15, 0.2) is 0 Å². The van der Waals surface area contributed by atoms with Gasteiger partial charge in [-0.2, -0.15) is 0 Å². The van der Waals surface area contributed by atoms with Crippen LogP contribution in [0.1, 0.15) is 59.6 Å². The van der Waals surface area contributed by atoms with Gasteiger partial charge in [0.2, 0.25) is 5.52 Å². The van der Waals surface area contributed by atoms with E-state index in [0.29, 0.717) is 17.4 Å². The number of aromatic nitrogens is 2. The maximum Gasteiger partial charge on any atom is 0.270 e. The first-order chi connectivity index (χ1) is 17.0. The number of piperazine rings is 1. The summed E-state index contributed by atoms with van der Waals surface area (Å²) >= 11 is 0. The van der Waals surface area contributed by atoms with E-state index in [2.05, 4.69) is 85.4 Å². The molecule has 3 aromatic rings. The monoisotopic (exact) mass is 487 g/mol. The van der Waals surface area contributed by atoms with Gasteiger partial charge in [-0.3, -0.25) is 9.69 Å². The topological polar surface area (TPSA) is 55.0 Å². The second kappa shape index (κ2) is 9.94. The standard InChI is InChI=1S/C29H37N5O2/c1-9-23(21-10-12-22(13-11-21)36-29(4,5)6)33-17-20(3)34(18-19(33)2)25-16-27(35)32(8)24-14-15-26(30-7)31-28(24)25/h10-16,19-20,23H,9,17-18H2,1-6,8H3/t19-,20+,23?/m1/s1. The Balaban J connectivity index is 1.62. The van der Waals surface area contributed by atoms with Crippen LogP contribution in [0.25, 0.3) is 15.9 Å². The van der Waals surface area contributed by atoms with E-state index >= 15 is 0 Å². The van der Waals surface area contributed by atoms with Crippen molar-refractivity contribution in [3.05, 3.63) is 69.8 Å². The molecule has 1 aliphatic heterocycles. The van der Waals surface area contributed by atoms with Crippen molar-refractivity contribution in [1.82, 2.24) is 14.5 Å². The Labute approximate surface area is 214 Å². The maximum absolute atomic E-state index is 12.8. The third-order valence-electron chi connectivity index (χ3n) is 6.99. The Bertz CT molecular complexity index is 1330. The van der Waals surface area contributed by atoms with Crippen molar-refractivity contribution in [2.75, 3.05) is 18.0 Å². The normalized spacial score (nSPS) is 19.8. The van der Waals surface area contributed by atoms with Gasteiger partial charge in [-0.15, -0.1) is 4.98 Å². The number of rotatable bonds is 5. The molecular formula is C29H37N5O2. The van der Waals surface area contributed by atoms with Crippen molar-refractivity contribution in [3.63, 3.8) is 0 Å². The molecule has 3 atom stereocenters. The zero-order valence-electron chi connectivity index (χ0n) is 22.4. The lowest BCUT2D eigenvalue weighted by Gasteiger charge is -2.48. The van der Waals surface area contributed by atoms with Crippen LogP contribution in [0.15, 0.2) is 47.3 Å². The second-order valence-corrected chi connectivity index (χ2v) is 10.8. The predicted octanol–water partition coefficient (Wildman–Crippen LogP) is 5.71. The molecule has 0 bridgehead atoms. The highest BCUT2D eigenvalue weighted by Crippen LogP contribution is 2.35. The highest BCUT2D eigenvalue weighted by molar-refractivity contribution is 5.89. The van der Waals surface area contributed by atoms with Crippen LogP contribution in [0, 0.1) is 6.57 Å². The molecule has 1 aliphatic rings. The number of hydrogen-bond donors (Lipinski definition) is 0. The summed E-state index contributed by atoms with van der Waals surface area (Å²) in [6, 6.07) is 14.4. The Hall–Kier alpha value is -3.37. The average Bonchev–Trinajstić information content (AvgIpc) is 2.83. The molecule has 190 valence electrons. The number of fused-ring (bicyclic) bond motifs is 1. The zero-order valence-corrected chi connectivity index (χ0v) is 22.4. The van der Waals surface area contributed by atoms with Crippen LogP contribution >= 0.6 is 0 Å². The summed E-state index contributed by atoms with van der Waals surface area (Å²) in [7, 11) is 1.75. The minimum Gasteiger partial charge on any atom is -0.488 e. The van der Waals surface area contributed by atoms with Gasteiger partial charge in [-0.1, -0.05) is 25.6 Å². The minimum absolute atomic E-state index is 0.0684. The molecule has 1 saturated heterocycles. The molecule has 2 aromatic heterocycles. The van der Waals surface area contributed by atoms with Gasteiger partial charge < -0.3 is 19.0 Å². The van der Waals surface area contributed by atoms with E-state index in [4.69, 9.17) is 11.3 Å². The number of aryl methyl sites for hydroxylation is 1. The zero-order chi connectivity index (χ0) is 26.2. The molecule has 7 heteroatoms. The summed E-state index contributed by atoms with van der Waals surface area (Å²) < 4.78 is 7.62. The van der Waals surface area contributed by atoms with E-state index in [9.17, 15) is 4.79 Å². The second-order valence-electron chi connectivity index (χ2n) is 10.8. The van der Waals surface area contributed by atoms with Gasteiger partial charge in [-0.05, 0) is 70.9 Å². The van der Waals surface area contributed by atoms with Gasteiger partial charge >= 0.3 is 0 Å². The van der Waals surface area contributed by atoms with Gasteiger partial charge in [0.1, 0.15) is 11.4 Å². The first-order valence-electron chi connectivity index (χ1n) is 12.7. The summed E-state index contributed by atoms with van der Waals surface area (Å²) in [5.74, 6) is 1.22. The number of pyridine rings is 2. The molecule has 0 amide bonds. The van der Waals surface area contributed by atoms with Crippen LogP contribution in [0.5, 0.6) is 5.75 Å². The molecule has 0 N–H and O–H groups in total. The quantitative estimate of drug-likeness (QED) is 0.432. The third-order valence-corrected chi connectivity index (χ3v) is 6.99. The van der Waals surface area contributed by atoms with Gasteiger partial charge in [0, 0.05) is 44.3 Å². The first kappa shape index (κ1) is 25.7. The molecule has 1 aromatic carbocycles. The van der Waals surface area contributed by atoms with Crippen molar-refractivity contribution in [2.24, 2.45) is 7.05 Å². The summed E-state index contributed by atoms with van der Waals surface area (Å²) in [6.45, 7) is 21.9. The minimum atomic E-state index is -0.223. The van der Waals surface area contributed by atoms with Crippen LogP contribution in [0.2, 0.25) is 0 Å². The fourth-order valence-electron chi connectivity index (χ4n) is 5.28. The van der Waals surface area contributed by atoms with E-state index < -0.39 is 0 Å². The third kappa shape index (κ3) is 5.10. The summed E-state index contributed by atoms with van der Waals surface area (Å²) in [5.41, 5.74) is 3.26. The van der Waals surface area contributed by atoms with Crippen LogP contribution in [0.4, 0.5) is 11.5 Å². The van der Waals surface area contributed by atoms with Crippen LogP contribution < -0.4 is 15.2 Å². The lowest BCUT2D eigenvalue weighted by Crippen LogP contribution is -2.57. The number of anilines is 1. The Morgan fingerprint density at radius 3 is 2.42 bits per heavy atom. The smallest absolute Gasteiger partial charge is 0.270 e. The SMILES string of the molecule is [C-]#[N+]c1ccc2c(n1)c(N1C[C@@H](C)N(C(CC)c3ccc(OC(C)(C)C)cc3)C[C@@H]1C)cc(=O)n2C. The van der Waals surface area contributed by atoms with Gasteiger partial charge in [-0.25, -0.2) is 0 Å². The van der Waals surface area contributed by atoms with Gasteiger partial charge in [0.05, 0.1) is 11.2 Å². The number of hydrogen-bond acceptors (Lipinski definition) is 5. The molecule has 4 rings (SSSR count). The van der Waals surface area contributed by atoms with E-state index in [-0.39, 0.29) is 23.2 Å². The molecule has 36 heavy (non-hydrogen) atoms. The van der Waals surface area contributed by atoms with Crippen molar-refractivity contribution >= 4 is 22.5 Å². The molecule has 0 radical (unpaired) electrons. The Morgan fingerprint density at radius 2 is 1.81 bits per heavy atom. The summed E-state index contributed by atoms with van der Waals surface area (Å²) in [6.07, 6.45) is 1.00. The largest absolute Gasteiger partial charge is 0.488 e. The molecule has 0 aliphatic carbocycles. The maximum atomic E-state index is 12.8. The lowest BCUT2D eigenvalue weighted by atomic mass is 9.97. The first-order valence-corrected chi connectivity index (χ1v) is 12.7. The fraction of sp³-hybridized carbons (Fsp3) is 0.483. The molecule has 1 fully saturated rings. The molecule has 0 spiro atoms. The molecule has 7 nitrogen and oxygen atoms in total. The summed E-state index contributed by atoms with van der Waals surface area (Å²) in [4.78, 5) is 25.8. The van der Waals surface area contributed by atoms with Crippen LogP contribution in [-0.4, -0.2) is 45.2 Å². The fourth-order valence-corrected chi connectivity index (χ4v) is 5.28. The van der Waals surface area contributed by atoms with Crippen molar-refractivity contribution in [1.29, 1.82) is 0 Å². The molecule has 1 unspecified atom stereocenters. The van der Waals surface area contributed by atoms with E-state index in [1.165, 1.54) is 5.56 Å². The van der Waals surface area contributed by atoms with Crippen LogP contribution in [-0.2, 0) is 7.05 Å². The Morgan fingerprint density at radius 1 is 1.11 bits per heavy atom. The van der Waals surface area contributed by atoms with Crippen molar-refractivity contribution in [3.8, 4) is 5.75 Å². The molecule has 3 heterocycles. The molecule has 0 saturated carbocycles. The number of ether oxygens (including phenoxy) is 1. The highest BCUT2D eigenvalue weighted by Gasteiger charge is 2.35. The van der Waals surface area contributed by atoms with Crippen molar-refractivity contribution in [2.45, 2.75) is 71.7 Å². The average molecular weight is 488 g/mol. The summed E-state index contributed by atoms with van der Waals surface area (Å²) in [5, 5.41) is 0. The van der Waals surface area contributed by atoms with Gasteiger partial charge in [0.25, 0.3) is 11.4 Å². The predicted molar refractivity (Wildman–Crippen MR) is 146 cm³/mol. The highest BCUT2D eigenvalue weighted by atomic mass is 16.5. The lowest BCUT2D eigenvalue weighted by molar-refractivity contribution is 0.107. The van der Waals surface area contributed by atoms with E-state index in [1.807, 2.05) is 6.07 Å². The van der Waals surface area contributed by atoms with Crippen molar-refractivity contribution < 1.29 is 4.74 Å². The molecular weight excluding hydrogens is 450 g/mol. The van der Waals surface area contributed by atoms with E-state index in [1.54, 1.807) is 23.7 Å². The Kier molecular flexibility index (Phi) is 7.10. The number of benzene rings is 1. The van der Waals surface area contributed by atoms with E-state index in [0.717, 1.165) is 36.5 Å². The number of nitrogens with zero attached hydrogens (tertiary/aromatic N) is 5. The van der Waals surface area contributed by atoms with Crippen LogP contribution in [0.3, 0.4) is 0 Å².